The minimum Gasteiger partial charge on any atom is -0.298 e. The fourth-order valence-corrected chi connectivity index (χ4v) is 1.29. The van der Waals surface area contributed by atoms with Gasteiger partial charge < -0.3 is 0 Å². The van der Waals surface area contributed by atoms with Crippen LogP contribution >= 0.6 is 0 Å². The SMILES string of the molecule is CC(C)(C)N1CC(=O)CC(=O)C1. The monoisotopic (exact) mass is 169 g/mol. The van der Waals surface area contributed by atoms with Crippen molar-refractivity contribution in [2.45, 2.75) is 32.7 Å². The summed E-state index contributed by atoms with van der Waals surface area (Å²) in [5.74, 6) is 0.0855. The second-order valence-electron chi connectivity index (χ2n) is 4.28. The highest BCUT2D eigenvalue weighted by molar-refractivity contribution is 6.03. The summed E-state index contributed by atoms with van der Waals surface area (Å²) >= 11 is 0. The van der Waals surface area contributed by atoms with E-state index in [0.29, 0.717) is 13.1 Å². The Morgan fingerprint density at radius 2 is 1.50 bits per heavy atom. The molecule has 0 N–H and O–H groups in total. The van der Waals surface area contributed by atoms with E-state index in [-0.39, 0.29) is 23.5 Å². The predicted octanol–water partition coefficient (Wildman–Crippen LogP) is 0.629. The van der Waals surface area contributed by atoms with Crippen LogP contribution in [0.25, 0.3) is 0 Å². The van der Waals surface area contributed by atoms with Gasteiger partial charge >= 0.3 is 0 Å². The van der Waals surface area contributed by atoms with Gasteiger partial charge in [-0.2, -0.15) is 0 Å². The molecule has 0 aliphatic carbocycles. The average molecular weight is 169 g/mol. The lowest BCUT2D eigenvalue weighted by Crippen LogP contribution is -2.50. The third kappa shape index (κ3) is 2.14. The van der Waals surface area contributed by atoms with Crippen molar-refractivity contribution in [3.63, 3.8) is 0 Å². The van der Waals surface area contributed by atoms with Gasteiger partial charge in [-0.05, 0) is 20.8 Å². The summed E-state index contributed by atoms with van der Waals surface area (Å²) in [4.78, 5) is 24.1. The lowest BCUT2D eigenvalue weighted by Gasteiger charge is -2.36. The number of nitrogens with zero attached hydrogens (tertiary/aromatic N) is 1. The topological polar surface area (TPSA) is 37.4 Å². The first kappa shape index (κ1) is 9.39. The van der Waals surface area contributed by atoms with Crippen molar-refractivity contribution in [3.8, 4) is 0 Å². The van der Waals surface area contributed by atoms with Crippen LogP contribution in [0.1, 0.15) is 27.2 Å². The number of ketones is 2. The molecule has 0 unspecified atom stereocenters. The molecule has 0 aromatic carbocycles. The lowest BCUT2D eigenvalue weighted by molar-refractivity contribution is -0.134. The molecule has 1 saturated heterocycles. The average Bonchev–Trinajstić information content (AvgIpc) is 1.82. The molecule has 0 atom stereocenters. The summed E-state index contributed by atoms with van der Waals surface area (Å²) in [5.41, 5.74) is -0.0776. The van der Waals surface area contributed by atoms with Crippen molar-refractivity contribution < 1.29 is 9.59 Å². The molecule has 1 aliphatic heterocycles. The van der Waals surface area contributed by atoms with Crippen molar-refractivity contribution in [2.75, 3.05) is 13.1 Å². The molecule has 0 aromatic heterocycles. The minimum atomic E-state index is -0.0776. The van der Waals surface area contributed by atoms with E-state index >= 15 is 0 Å². The molecule has 1 fully saturated rings. The van der Waals surface area contributed by atoms with Crippen LogP contribution in [0.5, 0.6) is 0 Å². The number of carbonyl (C=O) groups excluding carboxylic acids is 2. The Morgan fingerprint density at radius 1 is 1.08 bits per heavy atom. The number of rotatable bonds is 0. The summed E-state index contributed by atoms with van der Waals surface area (Å²) in [5, 5.41) is 0. The first-order valence-corrected chi connectivity index (χ1v) is 4.18. The second-order valence-corrected chi connectivity index (χ2v) is 4.28. The van der Waals surface area contributed by atoms with Crippen LogP contribution in [-0.4, -0.2) is 35.1 Å². The van der Waals surface area contributed by atoms with Gasteiger partial charge in [-0.15, -0.1) is 0 Å². The van der Waals surface area contributed by atoms with Crippen molar-refractivity contribution >= 4 is 11.6 Å². The second kappa shape index (κ2) is 2.98. The molecule has 3 heteroatoms. The molecule has 0 saturated carbocycles. The highest BCUT2D eigenvalue weighted by atomic mass is 16.2. The van der Waals surface area contributed by atoms with E-state index in [1.807, 2.05) is 25.7 Å². The Hall–Kier alpha value is -0.700. The summed E-state index contributed by atoms with van der Waals surface area (Å²) in [6.45, 7) is 6.89. The van der Waals surface area contributed by atoms with Gasteiger partial charge in [0.15, 0.2) is 11.6 Å². The van der Waals surface area contributed by atoms with Gasteiger partial charge in [0.2, 0.25) is 0 Å². The maximum Gasteiger partial charge on any atom is 0.154 e. The normalized spacial score (nSPS) is 21.6. The van der Waals surface area contributed by atoms with Crippen LogP contribution in [-0.2, 0) is 9.59 Å². The quantitative estimate of drug-likeness (QED) is 0.499. The van der Waals surface area contributed by atoms with E-state index in [1.165, 1.54) is 0 Å². The van der Waals surface area contributed by atoms with Crippen LogP contribution in [0.2, 0.25) is 0 Å². The Labute approximate surface area is 72.7 Å². The Kier molecular flexibility index (Phi) is 2.33. The standard InChI is InChI=1S/C9H15NO2/c1-9(2,3)10-5-7(11)4-8(12)6-10/h4-6H2,1-3H3. The number of carbonyl (C=O) groups is 2. The van der Waals surface area contributed by atoms with Gasteiger partial charge in [-0.1, -0.05) is 0 Å². The summed E-state index contributed by atoms with van der Waals surface area (Å²) < 4.78 is 0. The molecular formula is C9H15NO2. The molecule has 12 heavy (non-hydrogen) atoms. The van der Waals surface area contributed by atoms with E-state index < -0.39 is 0 Å². The molecule has 3 nitrogen and oxygen atoms in total. The molecule has 1 aliphatic rings. The molecule has 0 aromatic rings. The number of hydrogen-bond donors (Lipinski definition) is 0. The Morgan fingerprint density at radius 3 is 1.83 bits per heavy atom. The van der Waals surface area contributed by atoms with Crippen molar-refractivity contribution in [1.29, 1.82) is 0 Å². The first-order valence-electron chi connectivity index (χ1n) is 4.18. The molecule has 0 bridgehead atoms. The van der Waals surface area contributed by atoms with Gasteiger partial charge in [0, 0.05) is 5.54 Å². The highest BCUT2D eigenvalue weighted by Crippen LogP contribution is 2.16. The summed E-state index contributed by atoms with van der Waals surface area (Å²) in [7, 11) is 0. The van der Waals surface area contributed by atoms with Crippen LogP contribution < -0.4 is 0 Å². The zero-order chi connectivity index (χ0) is 9.35. The van der Waals surface area contributed by atoms with Crippen LogP contribution in [0.4, 0.5) is 0 Å². The molecule has 0 amide bonds. The van der Waals surface area contributed by atoms with Crippen molar-refractivity contribution in [1.82, 2.24) is 4.90 Å². The Bertz CT molecular complexity index is 199. The molecule has 1 heterocycles. The molecular weight excluding hydrogens is 154 g/mol. The van der Waals surface area contributed by atoms with Crippen molar-refractivity contribution in [2.24, 2.45) is 0 Å². The third-order valence-corrected chi connectivity index (χ3v) is 2.08. The molecule has 0 radical (unpaired) electrons. The van der Waals surface area contributed by atoms with Crippen LogP contribution in [0.15, 0.2) is 0 Å². The third-order valence-electron chi connectivity index (χ3n) is 2.08. The zero-order valence-corrected chi connectivity index (χ0v) is 7.89. The predicted molar refractivity (Wildman–Crippen MR) is 46.0 cm³/mol. The summed E-state index contributed by atoms with van der Waals surface area (Å²) in [6, 6.07) is 0. The lowest BCUT2D eigenvalue weighted by atomic mass is 10.00. The van der Waals surface area contributed by atoms with Crippen LogP contribution in [0, 0.1) is 0 Å². The minimum absolute atomic E-state index is 0.0428. The van der Waals surface area contributed by atoms with E-state index in [0.717, 1.165) is 0 Å². The van der Waals surface area contributed by atoms with Gasteiger partial charge in [0.25, 0.3) is 0 Å². The zero-order valence-electron chi connectivity index (χ0n) is 7.89. The van der Waals surface area contributed by atoms with Gasteiger partial charge in [0.1, 0.15) is 0 Å². The number of hydrogen-bond acceptors (Lipinski definition) is 3. The van der Waals surface area contributed by atoms with Crippen molar-refractivity contribution in [3.05, 3.63) is 0 Å². The molecule has 1 rings (SSSR count). The smallest absolute Gasteiger partial charge is 0.154 e. The fraction of sp³-hybridized carbons (Fsp3) is 0.778. The van der Waals surface area contributed by atoms with E-state index in [2.05, 4.69) is 0 Å². The molecule has 68 valence electrons. The number of piperidine rings is 1. The highest BCUT2D eigenvalue weighted by Gasteiger charge is 2.30. The largest absolute Gasteiger partial charge is 0.298 e. The maximum absolute atomic E-state index is 11.1. The van der Waals surface area contributed by atoms with Gasteiger partial charge in [-0.3, -0.25) is 14.5 Å². The summed E-state index contributed by atoms with van der Waals surface area (Å²) in [6.07, 6.45) is 0.132. The number of likely N-dealkylation sites (tertiary alicyclic amines) is 1. The van der Waals surface area contributed by atoms with E-state index in [9.17, 15) is 9.59 Å². The van der Waals surface area contributed by atoms with E-state index in [4.69, 9.17) is 0 Å². The fourth-order valence-electron chi connectivity index (χ4n) is 1.29. The van der Waals surface area contributed by atoms with Gasteiger partial charge in [-0.25, -0.2) is 0 Å². The van der Waals surface area contributed by atoms with Crippen LogP contribution in [0.3, 0.4) is 0 Å². The van der Waals surface area contributed by atoms with Gasteiger partial charge in [0.05, 0.1) is 19.5 Å². The number of Topliss-reactive ketones (excluding diaryl/α,β-unsaturated/α-hetero) is 2. The maximum atomic E-state index is 11.1. The van der Waals surface area contributed by atoms with E-state index in [1.54, 1.807) is 0 Å². The first-order chi connectivity index (χ1) is 5.39. The Balaban J connectivity index is 2.68. The molecule has 0 spiro atoms.